The number of methoxy groups -OCH3 is 1. The Hall–Kier alpha value is -1.77. The molecule has 0 aliphatic carbocycles. The second-order valence-electron chi connectivity index (χ2n) is 4.34. The van der Waals surface area contributed by atoms with E-state index in [0.29, 0.717) is 23.5 Å². The first-order valence-electron chi connectivity index (χ1n) is 5.90. The third-order valence-corrected chi connectivity index (χ3v) is 3.16. The number of hydrogen-bond acceptors (Lipinski definition) is 7. The summed E-state index contributed by atoms with van der Waals surface area (Å²) < 4.78 is 12.3. The lowest BCUT2D eigenvalue weighted by atomic mass is 10.2. The van der Waals surface area contributed by atoms with Gasteiger partial charge in [-0.25, -0.2) is 9.97 Å². The number of rotatable bonds is 3. The van der Waals surface area contributed by atoms with Gasteiger partial charge in [-0.1, -0.05) is 0 Å². The number of fused-ring (bicyclic) bond motifs is 1. The summed E-state index contributed by atoms with van der Waals surface area (Å²) in [4.78, 5) is 12.3. The van der Waals surface area contributed by atoms with E-state index in [4.69, 9.17) is 14.6 Å². The highest BCUT2D eigenvalue weighted by atomic mass is 16.5. The van der Waals surface area contributed by atoms with Crippen molar-refractivity contribution in [3.63, 3.8) is 0 Å². The number of aliphatic hydroxyl groups excluding tert-OH is 2. The van der Waals surface area contributed by atoms with Gasteiger partial charge < -0.3 is 19.7 Å². The van der Waals surface area contributed by atoms with Crippen molar-refractivity contribution < 1.29 is 19.7 Å². The van der Waals surface area contributed by atoms with E-state index in [1.807, 2.05) is 0 Å². The Kier molecular flexibility index (Phi) is 3.05. The predicted molar refractivity (Wildman–Crippen MR) is 63.5 cm³/mol. The lowest BCUT2D eigenvalue weighted by Crippen LogP contribution is -2.19. The molecular formula is C11H14N4O4. The molecule has 1 aliphatic rings. The maximum atomic E-state index is 9.99. The fourth-order valence-electron chi connectivity index (χ4n) is 2.26. The van der Waals surface area contributed by atoms with Gasteiger partial charge in [0.1, 0.15) is 12.4 Å². The van der Waals surface area contributed by atoms with E-state index in [1.54, 1.807) is 4.57 Å². The average molecular weight is 266 g/mol. The molecule has 0 spiro atoms. The van der Waals surface area contributed by atoms with Crippen molar-refractivity contribution in [3.05, 3.63) is 12.7 Å². The average Bonchev–Trinajstić information content (AvgIpc) is 3.01. The highest BCUT2D eigenvalue weighted by Gasteiger charge is 2.36. The predicted octanol–water partition coefficient (Wildman–Crippen LogP) is -0.524. The molecular weight excluding hydrogens is 252 g/mol. The van der Waals surface area contributed by atoms with E-state index in [2.05, 4.69) is 15.0 Å². The van der Waals surface area contributed by atoms with E-state index < -0.39 is 12.3 Å². The minimum absolute atomic E-state index is 0.126. The van der Waals surface area contributed by atoms with Gasteiger partial charge in [-0.15, -0.1) is 0 Å². The molecule has 102 valence electrons. The van der Waals surface area contributed by atoms with Crippen molar-refractivity contribution in [2.24, 2.45) is 0 Å². The van der Waals surface area contributed by atoms with Gasteiger partial charge in [0.15, 0.2) is 17.4 Å². The summed E-state index contributed by atoms with van der Waals surface area (Å²) in [6.45, 7) is -0.126. The number of ether oxygens (including phenoxy) is 2. The minimum atomic E-state index is -0.712. The fourth-order valence-corrected chi connectivity index (χ4v) is 2.26. The van der Waals surface area contributed by atoms with E-state index in [0.717, 1.165) is 0 Å². The molecule has 1 aliphatic heterocycles. The van der Waals surface area contributed by atoms with Crippen LogP contribution in [0, 0.1) is 0 Å². The van der Waals surface area contributed by atoms with Gasteiger partial charge in [0, 0.05) is 6.42 Å². The summed E-state index contributed by atoms with van der Waals surface area (Å²) in [5.41, 5.74) is 1.03. The Morgan fingerprint density at radius 3 is 3.00 bits per heavy atom. The zero-order chi connectivity index (χ0) is 13.4. The quantitative estimate of drug-likeness (QED) is 0.770. The molecule has 8 heteroatoms. The van der Waals surface area contributed by atoms with Gasteiger partial charge in [-0.2, -0.15) is 4.98 Å². The van der Waals surface area contributed by atoms with Crippen LogP contribution in [-0.4, -0.2) is 55.7 Å². The molecule has 0 saturated carbocycles. The maximum Gasteiger partial charge on any atom is 0.245 e. The molecule has 1 saturated heterocycles. The molecule has 3 atom stereocenters. The van der Waals surface area contributed by atoms with E-state index in [9.17, 15) is 5.11 Å². The zero-order valence-corrected chi connectivity index (χ0v) is 10.3. The molecule has 8 nitrogen and oxygen atoms in total. The number of imidazole rings is 1. The van der Waals surface area contributed by atoms with Gasteiger partial charge >= 0.3 is 0 Å². The number of aliphatic hydroxyl groups is 2. The molecule has 1 unspecified atom stereocenters. The molecule has 19 heavy (non-hydrogen) atoms. The van der Waals surface area contributed by atoms with Crippen LogP contribution in [0.15, 0.2) is 12.7 Å². The third kappa shape index (κ3) is 1.93. The van der Waals surface area contributed by atoms with Crippen LogP contribution in [0.1, 0.15) is 12.6 Å². The summed E-state index contributed by atoms with van der Waals surface area (Å²) in [5, 5.41) is 19.1. The van der Waals surface area contributed by atoms with Crippen LogP contribution in [-0.2, 0) is 4.74 Å². The molecule has 2 aromatic rings. The van der Waals surface area contributed by atoms with Gasteiger partial charge in [0.25, 0.3) is 0 Å². The van der Waals surface area contributed by atoms with Crippen molar-refractivity contribution in [1.29, 1.82) is 0 Å². The lowest BCUT2D eigenvalue weighted by Gasteiger charge is -2.16. The van der Waals surface area contributed by atoms with Crippen LogP contribution in [0.4, 0.5) is 0 Å². The third-order valence-electron chi connectivity index (χ3n) is 3.16. The molecule has 0 aromatic carbocycles. The second-order valence-corrected chi connectivity index (χ2v) is 4.34. The van der Waals surface area contributed by atoms with Crippen LogP contribution < -0.4 is 4.74 Å². The molecule has 1 fully saturated rings. The largest absolute Gasteiger partial charge is 0.479 e. The summed E-state index contributed by atoms with van der Waals surface area (Å²) in [7, 11) is 1.50. The Morgan fingerprint density at radius 2 is 2.32 bits per heavy atom. The van der Waals surface area contributed by atoms with Crippen LogP contribution in [0.25, 0.3) is 11.2 Å². The number of nitrogens with zero attached hydrogens (tertiary/aromatic N) is 4. The summed E-state index contributed by atoms with van der Waals surface area (Å²) in [6.07, 6.45) is 1.57. The van der Waals surface area contributed by atoms with Gasteiger partial charge in [-0.05, 0) is 0 Å². The SMILES string of the molecule is COc1ncnc2c1ncn2[C@@H]1O[C@H](CO)CC1O. The van der Waals surface area contributed by atoms with Gasteiger partial charge in [0.05, 0.1) is 26.1 Å². The highest BCUT2D eigenvalue weighted by Crippen LogP contribution is 2.31. The Morgan fingerprint density at radius 1 is 1.47 bits per heavy atom. The molecule has 3 heterocycles. The first-order valence-corrected chi connectivity index (χ1v) is 5.90. The highest BCUT2D eigenvalue weighted by molar-refractivity contribution is 5.75. The Balaban J connectivity index is 2.02. The molecule has 0 amide bonds. The van der Waals surface area contributed by atoms with Crippen molar-refractivity contribution in [3.8, 4) is 5.88 Å². The normalized spacial score (nSPS) is 27.0. The first kappa shape index (κ1) is 12.3. The number of aromatic nitrogens is 4. The van der Waals surface area contributed by atoms with E-state index in [1.165, 1.54) is 19.8 Å². The minimum Gasteiger partial charge on any atom is -0.479 e. The maximum absolute atomic E-state index is 9.99. The second kappa shape index (κ2) is 4.72. The number of hydrogen-bond donors (Lipinski definition) is 2. The van der Waals surface area contributed by atoms with Crippen LogP contribution >= 0.6 is 0 Å². The van der Waals surface area contributed by atoms with Crippen molar-refractivity contribution in [2.75, 3.05) is 13.7 Å². The standard InChI is InChI=1S/C11H14N4O4/c1-18-10-8-9(12-4-13-10)15(5-14-8)11-7(17)2-6(3-16)19-11/h4-7,11,16-17H,2-3H2,1H3/t6-,7?,11+/m0/s1. The van der Waals surface area contributed by atoms with Gasteiger partial charge in [-0.3, -0.25) is 4.57 Å². The summed E-state index contributed by atoms with van der Waals surface area (Å²) >= 11 is 0. The van der Waals surface area contributed by atoms with Crippen LogP contribution in [0.3, 0.4) is 0 Å². The molecule has 2 N–H and O–H groups in total. The van der Waals surface area contributed by atoms with Crippen molar-refractivity contribution in [2.45, 2.75) is 24.9 Å². The molecule has 3 rings (SSSR count). The molecule has 0 radical (unpaired) electrons. The first-order chi connectivity index (χ1) is 9.24. The smallest absolute Gasteiger partial charge is 0.245 e. The van der Waals surface area contributed by atoms with Crippen molar-refractivity contribution >= 4 is 11.2 Å². The molecule has 0 bridgehead atoms. The monoisotopic (exact) mass is 266 g/mol. The van der Waals surface area contributed by atoms with Gasteiger partial charge in [0.2, 0.25) is 5.88 Å². The Labute approximate surface area is 108 Å². The van der Waals surface area contributed by atoms with E-state index >= 15 is 0 Å². The molecule has 2 aromatic heterocycles. The summed E-state index contributed by atoms with van der Waals surface area (Å²) in [6, 6.07) is 0. The summed E-state index contributed by atoms with van der Waals surface area (Å²) in [5.74, 6) is 0.370. The van der Waals surface area contributed by atoms with Crippen LogP contribution in [0.5, 0.6) is 5.88 Å². The zero-order valence-electron chi connectivity index (χ0n) is 10.3. The topological polar surface area (TPSA) is 103 Å². The van der Waals surface area contributed by atoms with Crippen molar-refractivity contribution in [1.82, 2.24) is 19.5 Å². The van der Waals surface area contributed by atoms with E-state index in [-0.39, 0.29) is 12.7 Å². The Bertz CT molecular complexity index is 587. The lowest BCUT2D eigenvalue weighted by molar-refractivity contribution is -0.0486. The van der Waals surface area contributed by atoms with Crippen LogP contribution in [0.2, 0.25) is 0 Å². The fraction of sp³-hybridized carbons (Fsp3) is 0.545.